The summed E-state index contributed by atoms with van der Waals surface area (Å²) in [5, 5.41) is 7.24. The lowest BCUT2D eigenvalue weighted by molar-refractivity contribution is -0.123. The van der Waals surface area contributed by atoms with Crippen LogP contribution in [0.1, 0.15) is 34.1 Å². The molecule has 1 aromatic heterocycles. The minimum atomic E-state index is -0.987. The molecule has 0 aliphatic rings. The van der Waals surface area contributed by atoms with E-state index in [1.54, 1.807) is 35.9 Å². The van der Waals surface area contributed by atoms with Gasteiger partial charge in [-0.1, -0.05) is 59.6 Å². The normalized spacial score (nSPS) is 11.7. The number of para-hydroxylation sites is 1. The molecule has 3 aromatic rings. The van der Waals surface area contributed by atoms with Crippen LogP contribution in [0.4, 0.5) is 5.69 Å². The molecule has 0 saturated carbocycles. The van der Waals surface area contributed by atoms with E-state index in [2.05, 4.69) is 10.4 Å². The van der Waals surface area contributed by atoms with Crippen molar-refractivity contribution in [1.29, 1.82) is 0 Å². The summed E-state index contributed by atoms with van der Waals surface area (Å²) >= 11 is 6.40. The van der Waals surface area contributed by atoms with Crippen LogP contribution < -0.4 is 5.32 Å². The number of rotatable bonds is 6. The zero-order valence-electron chi connectivity index (χ0n) is 16.5. The lowest BCUT2D eigenvalue weighted by Crippen LogP contribution is -2.30. The molecule has 7 heteroatoms. The number of carbonyl (C=O) groups is 2. The smallest absolute Gasteiger partial charge is 0.343 e. The number of ether oxygens (including phenoxy) is 1. The Morgan fingerprint density at radius 3 is 2.41 bits per heavy atom. The van der Waals surface area contributed by atoms with Crippen LogP contribution >= 0.6 is 11.6 Å². The van der Waals surface area contributed by atoms with Crippen molar-refractivity contribution in [2.24, 2.45) is 0 Å². The van der Waals surface area contributed by atoms with Crippen molar-refractivity contribution in [3.8, 4) is 0 Å². The maximum Gasteiger partial charge on any atom is 0.343 e. The highest BCUT2D eigenvalue weighted by Crippen LogP contribution is 2.22. The van der Waals surface area contributed by atoms with E-state index in [9.17, 15) is 9.59 Å². The van der Waals surface area contributed by atoms with Gasteiger partial charge in [-0.25, -0.2) is 9.48 Å². The monoisotopic (exact) mass is 411 g/mol. The lowest BCUT2D eigenvalue weighted by atomic mass is 10.1. The first-order valence-electron chi connectivity index (χ1n) is 9.20. The summed E-state index contributed by atoms with van der Waals surface area (Å²) < 4.78 is 6.87. The Balaban J connectivity index is 1.69. The molecule has 0 radical (unpaired) electrons. The highest BCUT2D eigenvalue weighted by molar-refractivity contribution is 6.32. The number of hydrogen-bond donors (Lipinski definition) is 1. The molecule has 0 aliphatic carbocycles. The van der Waals surface area contributed by atoms with E-state index in [-0.39, 0.29) is 10.7 Å². The van der Waals surface area contributed by atoms with Gasteiger partial charge < -0.3 is 10.1 Å². The average molecular weight is 412 g/mol. The van der Waals surface area contributed by atoms with E-state index < -0.39 is 18.0 Å². The van der Waals surface area contributed by atoms with Crippen LogP contribution in [-0.2, 0) is 16.1 Å². The Morgan fingerprint density at radius 2 is 1.76 bits per heavy atom. The van der Waals surface area contributed by atoms with Crippen molar-refractivity contribution in [3.63, 3.8) is 0 Å². The summed E-state index contributed by atoms with van der Waals surface area (Å²) in [6.45, 7) is 5.63. The van der Waals surface area contributed by atoms with Gasteiger partial charge in [0.2, 0.25) is 0 Å². The molecule has 6 nitrogen and oxygen atoms in total. The van der Waals surface area contributed by atoms with Gasteiger partial charge in [-0.3, -0.25) is 4.79 Å². The predicted octanol–water partition coefficient (Wildman–Crippen LogP) is 4.39. The molecule has 0 saturated heterocycles. The van der Waals surface area contributed by atoms with Gasteiger partial charge in [0.05, 0.1) is 12.2 Å². The van der Waals surface area contributed by atoms with Gasteiger partial charge in [0.25, 0.3) is 5.91 Å². The molecule has 0 spiro atoms. The van der Waals surface area contributed by atoms with Gasteiger partial charge in [-0.2, -0.15) is 5.10 Å². The largest absolute Gasteiger partial charge is 0.449 e. The van der Waals surface area contributed by atoms with Gasteiger partial charge in [-0.15, -0.1) is 0 Å². The minimum Gasteiger partial charge on any atom is -0.449 e. The Morgan fingerprint density at radius 1 is 1.10 bits per heavy atom. The molecule has 1 heterocycles. The molecule has 3 rings (SSSR count). The number of hydrogen-bond acceptors (Lipinski definition) is 4. The number of esters is 1. The maximum atomic E-state index is 12.6. The summed E-state index contributed by atoms with van der Waals surface area (Å²) in [7, 11) is 0. The van der Waals surface area contributed by atoms with Crippen molar-refractivity contribution in [3.05, 3.63) is 82.1 Å². The van der Waals surface area contributed by atoms with Crippen molar-refractivity contribution >= 4 is 29.2 Å². The lowest BCUT2D eigenvalue weighted by Gasteiger charge is -2.13. The number of amides is 1. The quantitative estimate of drug-likeness (QED) is 0.610. The van der Waals surface area contributed by atoms with Crippen LogP contribution in [0.2, 0.25) is 5.15 Å². The Hall–Kier alpha value is -3.12. The van der Waals surface area contributed by atoms with E-state index >= 15 is 0 Å². The Labute approximate surface area is 174 Å². The third-order valence-corrected chi connectivity index (χ3v) is 4.80. The molecular weight excluding hydrogens is 390 g/mol. The molecule has 150 valence electrons. The standard InChI is InChI=1S/C22H22ClN3O3/c1-14-9-11-17(12-10-14)13-26-20(23)19(15(2)25-26)22(28)29-16(3)21(27)24-18-7-5-4-6-8-18/h4-12,16H,13H2,1-3H3,(H,24,27). The maximum absolute atomic E-state index is 12.6. The zero-order valence-corrected chi connectivity index (χ0v) is 17.2. The molecule has 1 atom stereocenters. The van der Waals surface area contributed by atoms with Crippen molar-refractivity contribution < 1.29 is 14.3 Å². The third-order valence-electron chi connectivity index (χ3n) is 4.42. The molecule has 2 aromatic carbocycles. The number of nitrogens with zero attached hydrogens (tertiary/aromatic N) is 2. The molecule has 0 bridgehead atoms. The number of carbonyl (C=O) groups excluding carboxylic acids is 2. The van der Waals surface area contributed by atoms with Gasteiger partial charge in [0.1, 0.15) is 10.7 Å². The van der Waals surface area contributed by atoms with Gasteiger partial charge in [0, 0.05) is 5.69 Å². The number of halogens is 1. The topological polar surface area (TPSA) is 73.2 Å². The summed E-state index contributed by atoms with van der Waals surface area (Å²) in [6.07, 6.45) is -0.987. The second-order valence-electron chi connectivity index (χ2n) is 6.80. The van der Waals surface area contributed by atoms with Gasteiger partial charge in [-0.05, 0) is 38.5 Å². The Kier molecular flexibility index (Phi) is 6.34. The summed E-state index contributed by atoms with van der Waals surface area (Å²) in [5.74, 6) is -1.11. The fourth-order valence-electron chi connectivity index (χ4n) is 2.79. The van der Waals surface area contributed by atoms with Crippen LogP contribution in [0.5, 0.6) is 0 Å². The predicted molar refractivity (Wildman–Crippen MR) is 112 cm³/mol. The van der Waals surface area contributed by atoms with Crippen LogP contribution in [0, 0.1) is 13.8 Å². The number of nitrogens with one attached hydrogen (secondary N) is 1. The van der Waals surface area contributed by atoms with Crippen molar-refractivity contribution in [1.82, 2.24) is 9.78 Å². The molecule has 0 fully saturated rings. The van der Waals surface area contributed by atoms with Gasteiger partial charge in [0.15, 0.2) is 6.10 Å². The summed E-state index contributed by atoms with van der Waals surface area (Å²) in [6, 6.07) is 16.9. The molecule has 29 heavy (non-hydrogen) atoms. The fourth-order valence-corrected chi connectivity index (χ4v) is 3.11. The number of benzene rings is 2. The van der Waals surface area contributed by atoms with Crippen LogP contribution in [-0.4, -0.2) is 27.8 Å². The van der Waals surface area contributed by atoms with Crippen molar-refractivity contribution in [2.75, 3.05) is 5.32 Å². The minimum absolute atomic E-state index is 0.165. The highest BCUT2D eigenvalue weighted by Gasteiger charge is 2.25. The first-order valence-corrected chi connectivity index (χ1v) is 9.58. The molecular formula is C22H22ClN3O3. The van der Waals surface area contributed by atoms with E-state index in [4.69, 9.17) is 16.3 Å². The first kappa shape index (κ1) is 20.6. The first-order chi connectivity index (χ1) is 13.8. The molecule has 1 amide bonds. The second-order valence-corrected chi connectivity index (χ2v) is 7.16. The van der Waals surface area contributed by atoms with E-state index in [1.165, 1.54) is 6.92 Å². The molecule has 0 aliphatic heterocycles. The van der Waals surface area contributed by atoms with E-state index in [0.29, 0.717) is 17.9 Å². The van der Waals surface area contributed by atoms with E-state index in [0.717, 1.165) is 11.1 Å². The average Bonchev–Trinajstić information content (AvgIpc) is 2.97. The SMILES string of the molecule is Cc1ccc(Cn2nc(C)c(C(=O)OC(C)C(=O)Nc3ccccc3)c2Cl)cc1. The highest BCUT2D eigenvalue weighted by atomic mass is 35.5. The number of aromatic nitrogens is 2. The third kappa shape index (κ3) is 5.03. The second kappa shape index (κ2) is 8.92. The fraction of sp³-hybridized carbons (Fsp3) is 0.227. The number of anilines is 1. The van der Waals surface area contributed by atoms with Crippen LogP contribution in [0.25, 0.3) is 0 Å². The molecule has 1 N–H and O–H groups in total. The summed E-state index contributed by atoms with van der Waals surface area (Å²) in [4.78, 5) is 24.9. The van der Waals surface area contributed by atoms with Crippen molar-refractivity contribution in [2.45, 2.75) is 33.4 Å². The Bertz CT molecular complexity index is 1010. The molecule has 1 unspecified atom stereocenters. The number of aryl methyl sites for hydroxylation is 2. The summed E-state index contributed by atoms with van der Waals surface area (Å²) in [5.41, 5.74) is 3.40. The zero-order chi connectivity index (χ0) is 21.0. The van der Waals surface area contributed by atoms with Crippen LogP contribution in [0.15, 0.2) is 54.6 Å². The van der Waals surface area contributed by atoms with Gasteiger partial charge >= 0.3 is 5.97 Å². The van der Waals surface area contributed by atoms with E-state index in [1.807, 2.05) is 37.3 Å². The van der Waals surface area contributed by atoms with Crippen LogP contribution in [0.3, 0.4) is 0 Å².